The van der Waals surface area contributed by atoms with Crippen molar-refractivity contribution in [3.63, 3.8) is 0 Å². The lowest BCUT2D eigenvalue weighted by atomic mass is 9.95. The molecule has 2 rings (SSSR count). The van der Waals surface area contributed by atoms with E-state index < -0.39 is 0 Å². The van der Waals surface area contributed by atoms with E-state index in [9.17, 15) is 4.79 Å². The van der Waals surface area contributed by atoms with Crippen LogP contribution in [0.5, 0.6) is 5.75 Å². The number of aliphatic imine (C=N–C) groups is 1. The van der Waals surface area contributed by atoms with E-state index in [1.807, 2.05) is 24.3 Å². The van der Waals surface area contributed by atoms with Crippen LogP contribution >= 0.6 is 24.0 Å². The molecule has 3 N–H and O–H groups in total. The molecule has 0 spiro atoms. The van der Waals surface area contributed by atoms with E-state index in [1.165, 1.54) is 5.56 Å². The Labute approximate surface area is 167 Å². The Morgan fingerprint density at radius 2 is 2.12 bits per heavy atom. The van der Waals surface area contributed by atoms with Gasteiger partial charge in [0, 0.05) is 26.6 Å². The molecule has 0 aliphatic carbocycles. The van der Waals surface area contributed by atoms with E-state index in [4.69, 9.17) is 10.5 Å². The zero-order valence-electron chi connectivity index (χ0n) is 15.0. The van der Waals surface area contributed by atoms with E-state index in [0.29, 0.717) is 25.5 Å². The fraction of sp³-hybridized carbons (Fsp3) is 0.556. The van der Waals surface area contributed by atoms with Gasteiger partial charge in [0.05, 0.1) is 6.54 Å². The number of guanidine groups is 1. The van der Waals surface area contributed by atoms with Crippen LogP contribution in [-0.4, -0.2) is 50.1 Å². The molecule has 7 heteroatoms. The van der Waals surface area contributed by atoms with Crippen molar-refractivity contribution in [3.05, 3.63) is 29.8 Å². The number of benzene rings is 1. The molecule has 1 saturated heterocycles. The third-order valence-corrected chi connectivity index (χ3v) is 4.20. The number of nitrogens with two attached hydrogens (primary N) is 1. The predicted octanol–water partition coefficient (Wildman–Crippen LogP) is 2.15. The Morgan fingerprint density at radius 3 is 2.76 bits per heavy atom. The van der Waals surface area contributed by atoms with Crippen LogP contribution in [0.4, 0.5) is 0 Å². The number of rotatable bonds is 6. The minimum Gasteiger partial charge on any atom is -0.492 e. The molecule has 0 bridgehead atoms. The molecule has 6 nitrogen and oxygen atoms in total. The number of carbonyl (C=O) groups is 1. The van der Waals surface area contributed by atoms with Gasteiger partial charge >= 0.3 is 0 Å². The summed E-state index contributed by atoms with van der Waals surface area (Å²) in [4.78, 5) is 17.7. The van der Waals surface area contributed by atoms with Crippen molar-refractivity contribution in [1.82, 2.24) is 10.2 Å². The zero-order chi connectivity index (χ0) is 17.4. The van der Waals surface area contributed by atoms with Crippen molar-refractivity contribution < 1.29 is 9.53 Å². The number of carbonyl (C=O) groups excluding carboxylic acids is 1. The fourth-order valence-corrected chi connectivity index (χ4v) is 3.01. The summed E-state index contributed by atoms with van der Waals surface area (Å²) >= 11 is 0. The van der Waals surface area contributed by atoms with E-state index in [0.717, 1.165) is 37.6 Å². The molecular weight excluding hydrogens is 431 g/mol. The van der Waals surface area contributed by atoms with Crippen LogP contribution in [0.2, 0.25) is 0 Å². The summed E-state index contributed by atoms with van der Waals surface area (Å²) in [5.41, 5.74) is 6.54. The molecule has 0 saturated carbocycles. The first-order valence-electron chi connectivity index (χ1n) is 8.52. The molecule has 1 aliphatic heterocycles. The van der Waals surface area contributed by atoms with Gasteiger partial charge in [0.1, 0.15) is 12.4 Å². The third kappa shape index (κ3) is 7.50. The normalized spacial score (nSPS) is 17.6. The van der Waals surface area contributed by atoms with E-state index in [1.54, 1.807) is 7.05 Å². The predicted molar refractivity (Wildman–Crippen MR) is 112 cm³/mol. The van der Waals surface area contributed by atoms with Gasteiger partial charge in [0.25, 0.3) is 0 Å². The van der Waals surface area contributed by atoms with Crippen molar-refractivity contribution in [2.45, 2.75) is 26.2 Å². The maximum Gasteiger partial charge on any atom is 0.217 e. The molecule has 0 aromatic heterocycles. The van der Waals surface area contributed by atoms with Gasteiger partial charge in [-0.05, 0) is 37.8 Å². The zero-order valence-corrected chi connectivity index (χ0v) is 17.4. The highest BCUT2D eigenvalue weighted by atomic mass is 127. The summed E-state index contributed by atoms with van der Waals surface area (Å²) in [5, 5.41) is 3.33. The minimum absolute atomic E-state index is 0. The molecular formula is C18H29IN4O2. The molecule has 1 unspecified atom stereocenters. The summed E-state index contributed by atoms with van der Waals surface area (Å²) in [5.74, 6) is 1.82. The quantitative estimate of drug-likeness (QED) is 0.295. The number of likely N-dealkylation sites (tertiary alicyclic amines) is 1. The number of hydrogen-bond acceptors (Lipinski definition) is 3. The highest BCUT2D eigenvalue weighted by Crippen LogP contribution is 2.19. The molecule has 1 aromatic carbocycles. The Kier molecular flexibility index (Phi) is 9.62. The SMILES string of the molecule is CN=C(NCCOc1ccc(C)cc1)N1CCCC(CC(N)=O)C1.I. The lowest BCUT2D eigenvalue weighted by molar-refractivity contribution is -0.119. The van der Waals surface area contributed by atoms with Gasteiger partial charge in [-0.2, -0.15) is 0 Å². The van der Waals surface area contributed by atoms with Crippen LogP contribution in [0.1, 0.15) is 24.8 Å². The summed E-state index contributed by atoms with van der Waals surface area (Å²) < 4.78 is 5.72. The Balaban J connectivity index is 0.00000312. The van der Waals surface area contributed by atoms with Crippen molar-refractivity contribution in [2.24, 2.45) is 16.6 Å². The van der Waals surface area contributed by atoms with Gasteiger partial charge in [-0.3, -0.25) is 9.79 Å². The summed E-state index contributed by atoms with van der Waals surface area (Å²) in [6.07, 6.45) is 2.55. The lowest BCUT2D eigenvalue weighted by Gasteiger charge is -2.34. The maximum atomic E-state index is 11.1. The first kappa shape index (κ1) is 21.5. The summed E-state index contributed by atoms with van der Waals surface area (Å²) in [7, 11) is 1.78. The van der Waals surface area contributed by atoms with Crippen molar-refractivity contribution in [2.75, 3.05) is 33.3 Å². The van der Waals surface area contributed by atoms with E-state index in [2.05, 4.69) is 22.1 Å². The van der Waals surface area contributed by atoms with Crippen molar-refractivity contribution in [1.29, 1.82) is 0 Å². The third-order valence-electron chi connectivity index (χ3n) is 4.20. The lowest BCUT2D eigenvalue weighted by Crippen LogP contribution is -2.48. The van der Waals surface area contributed by atoms with Crippen LogP contribution in [0.15, 0.2) is 29.3 Å². The van der Waals surface area contributed by atoms with Gasteiger partial charge in [0.2, 0.25) is 5.91 Å². The van der Waals surface area contributed by atoms with Crippen LogP contribution < -0.4 is 15.8 Å². The fourth-order valence-electron chi connectivity index (χ4n) is 3.01. The van der Waals surface area contributed by atoms with Gasteiger partial charge in [-0.15, -0.1) is 24.0 Å². The molecule has 1 atom stereocenters. The second-order valence-corrected chi connectivity index (χ2v) is 6.26. The largest absolute Gasteiger partial charge is 0.492 e. The highest BCUT2D eigenvalue weighted by Gasteiger charge is 2.23. The van der Waals surface area contributed by atoms with Crippen LogP contribution in [0, 0.1) is 12.8 Å². The number of hydrogen-bond donors (Lipinski definition) is 2. The highest BCUT2D eigenvalue weighted by molar-refractivity contribution is 14.0. The topological polar surface area (TPSA) is 80.0 Å². The number of nitrogens with one attached hydrogen (secondary N) is 1. The molecule has 0 radical (unpaired) electrons. The molecule has 1 heterocycles. The standard InChI is InChI=1S/C18H28N4O2.HI/c1-14-5-7-16(8-6-14)24-11-9-21-18(20-2)22-10-3-4-15(13-22)12-17(19)23;/h5-8,15H,3-4,9-13H2,1-2H3,(H2,19,23)(H,20,21);1H. The number of amides is 1. The van der Waals surface area contributed by atoms with Crippen LogP contribution in [0.3, 0.4) is 0 Å². The average molecular weight is 460 g/mol. The first-order valence-corrected chi connectivity index (χ1v) is 8.52. The molecule has 1 aliphatic rings. The average Bonchev–Trinajstić information content (AvgIpc) is 2.56. The molecule has 1 fully saturated rings. The smallest absolute Gasteiger partial charge is 0.217 e. The summed E-state index contributed by atoms with van der Waals surface area (Å²) in [6.45, 7) is 5.08. The minimum atomic E-state index is -0.226. The number of halogens is 1. The second-order valence-electron chi connectivity index (χ2n) is 6.26. The molecule has 1 amide bonds. The molecule has 1 aromatic rings. The molecule has 25 heavy (non-hydrogen) atoms. The number of primary amides is 1. The van der Waals surface area contributed by atoms with Gasteiger partial charge in [-0.25, -0.2) is 0 Å². The Bertz CT molecular complexity index is 563. The van der Waals surface area contributed by atoms with Gasteiger partial charge < -0.3 is 20.7 Å². The van der Waals surface area contributed by atoms with Crippen LogP contribution in [0.25, 0.3) is 0 Å². The number of aryl methyl sites for hydroxylation is 1. The van der Waals surface area contributed by atoms with E-state index >= 15 is 0 Å². The van der Waals surface area contributed by atoms with Gasteiger partial charge in [-0.1, -0.05) is 17.7 Å². The Hall–Kier alpha value is -1.51. The van der Waals surface area contributed by atoms with Gasteiger partial charge in [0.15, 0.2) is 5.96 Å². The van der Waals surface area contributed by atoms with E-state index in [-0.39, 0.29) is 29.9 Å². The summed E-state index contributed by atoms with van der Waals surface area (Å²) in [6, 6.07) is 8.02. The second kappa shape index (κ2) is 11.2. The molecule has 140 valence electrons. The number of piperidine rings is 1. The monoisotopic (exact) mass is 460 g/mol. The van der Waals surface area contributed by atoms with Crippen LogP contribution in [-0.2, 0) is 4.79 Å². The number of ether oxygens (including phenoxy) is 1. The van der Waals surface area contributed by atoms with Crippen molar-refractivity contribution in [3.8, 4) is 5.75 Å². The Morgan fingerprint density at radius 1 is 1.40 bits per heavy atom. The van der Waals surface area contributed by atoms with Crippen molar-refractivity contribution >= 4 is 35.8 Å². The maximum absolute atomic E-state index is 11.1. The number of nitrogens with zero attached hydrogens (tertiary/aromatic N) is 2. The first-order chi connectivity index (χ1) is 11.6.